The second-order valence-electron chi connectivity index (χ2n) is 4.41. The van der Waals surface area contributed by atoms with Crippen molar-refractivity contribution >= 4 is 16.8 Å². The molecule has 19 heavy (non-hydrogen) atoms. The molecule has 0 bridgehead atoms. The third-order valence-corrected chi connectivity index (χ3v) is 3.03. The second-order valence-corrected chi connectivity index (χ2v) is 4.41. The zero-order valence-electron chi connectivity index (χ0n) is 10.6. The Balaban J connectivity index is 1.78. The van der Waals surface area contributed by atoms with Crippen LogP contribution >= 0.6 is 0 Å². The van der Waals surface area contributed by atoms with Gasteiger partial charge in [0, 0.05) is 24.8 Å². The summed E-state index contributed by atoms with van der Waals surface area (Å²) in [7, 11) is 1.85. The number of H-pyrrole nitrogens is 1. The quantitative estimate of drug-likeness (QED) is 0.749. The van der Waals surface area contributed by atoms with Crippen LogP contribution in [-0.2, 0) is 13.6 Å². The molecule has 3 rings (SSSR count). The lowest BCUT2D eigenvalue weighted by atomic mass is 10.1. The molecule has 0 aliphatic heterocycles. The summed E-state index contributed by atoms with van der Waals surface area (Å²) in [6.07, 6.45) is 3.69. The van der Waals surface area contributed by atoms with E-state index in [1.54, 1.807) is 4.68 Å². The number of aryl methyl sites for hydroxylation is 1. The van der Waals surface area contributed by atoms with Gasteiger partial charge in [-0.3, -0.25) is 9.48 Å². The monoisotopic (exact) mass is 254 g/mol. The number of nitrogens with zero attached hydrogens (tertiary/aromatic N) is 2. The second kappa shape index (κ2) is 4.61. The van der Waals surface area contributed by atoms with Gasteiger partial charge in [0.2, 0.25) is 0 Å². The van der Waals surface area contributed by atoms with Crippen LogP contribution in [0.4, 0.5) is 0 Å². The van der Waals surface area contributed by atoms with Crippen molar-refractivity contribution in [3.05, 3.63) is 54.0 Å². The van der Waals surface area contributed by atoms with Gasteiger partial charge in [0.25, 0.3) is 5.91 Å². The average Bonchev–Trinajstić information content (AvgIpc) is 3.03. The van der Waals surface area contributed by atoms with E-state index in [4.69, 9.17) is 0 Å². The number of hydrogen-bond acceptors (Lipinski definition) is 2. The highest BCUT2D eigenvalue weighted by Crippen LogP contribution is 2.16. The molecule has 1 aromatic carbocycles. The minimum Gasteiger partial charge on any atom is -0.361 e. The Morgan fingerprint density at radius 2 is 2.26 bits per heavy atom. The molecular formula is C14H14N4O. The van der Waals surface area contributed by atoms with E-state index in [-0.39, 0.29) is 5.91 Å². The van der Waals surface area contributed by atoms with Crippen molar-refractivity contribution in [2.45, 2.75) is 6.54 Å². The van der Waals surface area contributed by atoms with E-state index in [1.807, 2.05) is 49.8 Å². The lowest BCUT2D eigenvalue weighted by Crippen LogP contribution is -2.23. The molecule has 2 aromatic heterocycles. The highest BCUT2D eigenvalue weighted by Gasteiger charge is 2.10. The van der Waals surface area contributed by atoms with Crippen LogP contribution in [0.5, 0.6) is 0 Å². The van der Waals surface area contributed by atoms with Crippen molar-refractivity contribution in [1.29, 1.82) is 0 Å². The van der Waals surface area contributed by atoms with E-state index in [2.05, 4.69) is 15.4 Å². The average molecular weight is 254 g/mol. The number of rotatable bonds is 3. The van der Waals surface area contributed by atoms with E-state index in [0.29, 0.717) is 12.1 Å². The lowest BCUT2D eigenvalue weighted by molar-refractivity contribution is 0.0952. The molecule has 0 saturated heterocycles. The molecule has 96 valence electrons. The Bertz CT molecular complexity index is 726. The topological polar surface area (TPSA) is 62.7 Å². The van der Waals surface area contributed by atoms with Crippen LogP contribution in [-0.4, -0.2) is 20.7 Å². The Morgan fingerprint density at radius 3 is 3.05 bits per heavy atom. The number of aromatic amines is 1. The fraction of sp³-hybridized carbons (Fsp3) is 0.143. The van der Waals surface area contributed by atoms with Crippen LogP contribution in [0.2, 0.25) is 0 Å². The number of amides is 1. The smallest absolute Gasteiger partial charge is 0.253 e. The van der Waals surface area contributed by atoms with Crippen molar-refractivity contribution in [3.63, 3.8) is 0 Å². The molecule has 0 radical (unpaired) electrons. The molecule has 5 nitrogen and oxygen atoms in total. The number of para-hydroxylation sites is 1. The van der Waals surface area contributed by atoms with Gasteiger partial charge in [-0.2, -0.15) is 5.10 Å². The fourth-order valence-corrected chi connectivity index (χ4v) is 2.10. The van der Waals surface area contributed by atoms with Crippen LogP contribution in [0.25, 0.3) is 10.9 Å². The first-order valence-electron chi connectivity index (χ1n) is 6.07. The number of hydrogen-bond donors (Lipinski definition) is 2. The van der Waals surface area contributed by atoms with Gasteiger partial charge < -0.3 is 10.3 Å². The summed E-state index contributed by atoms with van der Waals surface area (Å²) in [5, 5.41) is 8.13. The Labute approximate surface area is 110 Å². The van der Waals surface area contributed by atoms with Gasteiger partial charge in [-0.15, -0.1) is 0 Å². The summed E-state index contributed by atoms with van der Waals surface area (Å²) in [5.74, 6) is -0.0984. The number of aromatic nitrogens is 3. The largest absolute Gasteiger partial charge is 0.361 e. The first kappa shape index (κ1) is 11.5. The molecule has 5 heteroatoms. The van der Waals surface area contributed by atoms with Crippen LogP contribution in [0.15, 0.2) is 42.7 Å². The standard InChI is InChI=1S/C14H14N4O/c1-18-8-6-11(17-18)9-16-14(19)12-4-2-3-10-5-7-15-13(10)12/h2-8,15H,9H2,1H3,(H,16,19). The van der Waals surface area contributed by atoms with Gasteiger partial charge in [-0.05, 0) is 18.2 Å². The first-order valence-corrected chi connectivity index (χ1v) is 6.07. The third-order valence-electron chi connectivity index (χ3n) is 3.03. The predicted octanol–water partition coefficient (Wildman–Crippen LogP) is 1.83. The molecule has 0 fully saturated rings. The van der Waals surface area contributed by atoms with Gasteiger partial charge in [-0.1, -0.05) is 12.1 Å². The molecular weight excluding hydrogens is 240 g/mol. The Kier molecular flexibility index (Phi) is 2.79. The van der Waals surface area contributed by atoms with Crippen molar-refractivity contribution < 1.29 is 4.79 Å². The number of fused-ring (bicyclic) bond motifs is 1. The van der Waals surface area contributed by atoms with Crippen LogP contribution in [0.1, 0.15) is 16.1 Å². The van der Waals surface area contributed by atoms with Gasteiger partial charge in [0.05, 0.1) is 23.3 Å². The maximum atomic E-state index is 12.2. The van der Waals surface area contributed by atoms with Gasteiger partial charge in [0.1, 0.15) is 0 Å². The Hall–Kier alpha value is -2.56. The number of carbonyl (C=O) groups excluding carboxylic acids is 1. The molecule has 0 aliphatic rings. The van der Waals surface area contributed by atoms with Crippen molar-refractivity contribution in [2.75, 3.05) is 0 Å². The lowest BCUT2D eigenvalue weighted by Gasteiger charge is -2.04. The number of carbonyl (C=O) groups is 1. The van der Waals surface area contributed by atoms with E-state index < -0.39 is 0 Å². The molecule has 0 atom stereocenters. The van der Waals surface area contributed by atoms with Gasteiger partial charge in [-0.25, -0.2) is 0 Å². The van der Waals surface area contributed by atoms with E-state index in [1.165, 1.54) is 0 Å². The van der Waals surface area contributed by atoms with Crippen molar-refractivity contribution in [1.82, 2.24) is 20.1 Å². The summed E-state index contributed by atoms with van der Waals surface area (Å²) in [5.41, 5.74) is 2.36. The summed E-state index contributed by atoms with van der Waals surface area (Å²) < 4.78 is 1.72. The van der Waals surface area contributed by atoms with Crippen molar-refractivity contribution in [3.8, 4) is 0 Å². The Morgan fingerprint density at radius 1 is 1.37 bits per heavy atom. The van der Waals surface area contributed by atoms with E-state index in [0.717, 1.165) is 16.6 Å². The molecule has 0 aliphatic carbocycles. The summed E-state index contributed by atoms with van der Waals surface area (Å²) in [6.45, 7) is 0.427. The highest BCUT2D eigenvalue weighted by molar-refractivity contribution is 6.05. The van der Waals surface area contributed by atoms with Gasteiger partial charge >= 0.3 is 0 Å². The number of benzene rings is 1. The minimum atomic E-state index is -0.0984. The van der Waals surface area contributed by atoms with Crippen LogP contribution in [0.3, 0.4) is 0 Å². The predicted molar refractivity (Wildman–Crippen MR) is 72.7 cm³/mol. The van der Waals surface area contributed by atoms with Crippen LogP contribution < -0.4 is 5.32 Å². The molecule has 2 N–H and O–H groups in total. The summed E-state index contributed by atoms with van der Waals surface area (Å²) >= 11 is 0. The molecule has 3 aromatic rings. The molecule has 1 amide bonds. The molecule has 0 unspecified atom stereocenters. The van der Waals surface area contributed by atoms with E-state index >= 15 is 0 Å². The summed E-state index contributed by atoms with van der Waals surface area (Å²) in [4.78, 5) is 15.3. The minimum absolute atomic E-state index is 0.0984. The van der Waals surface area contributed by atoms with E-state index in [9.17, 15) is 4.79 Å². The summed E-state index contributed by atoms with van der Waals surface area (Å²) in [6, 6.07) is 9.50. The third kappa shape index (κ3) is 2.22. The van der Waals surface area contributed by atoms with Crippen LogP contribution in [0, 0.1) is 0 Å². The first-order chi connectivity index (χ1) is 9.24. The maximum Gasteiger partial charge on any atom is 0.253 e. The SMILES string of the molecule is Cn1ccc(CNC(=O)c2cccc3cc[nH]c23)n1. The highest BCUT2D eigenvalue weighted by atomic mass is 16.1. The zero-order valence-corrected chi connectivity index (χ0v) is 10.6. The van der Waals surface area contributed by atoms with Gasteiger partial charge in [0.15, 0.2) is 0 Å². The molecule has 0 spiro atoms. The molecule has 2 heterocycles. The number of nitrogens with one attached hydrogen (secondary N) is 2. The fourth-order valence-electron chi connectivity index (χ4n) is 2.10. The van der Waals surface area contributed by atoms with Crippen molar-refractivity contribution in [2.24, 2.45) is 7.05 Å². The zero-order chi connectivity index (χ0) is 13.2. The maximum absolute atomic E-state index is 12.2. The normalized spacial score (nSPS) is 10.8. The molecule has 0 saturated carbocycles.